The number of benzene rings is 1. The zero-order chi connectivity index (χ0) is 8.55. The summed E-state index contributed by atoms with van der Waals surface area (Å²) in [6.07, 6.45) is 0. The molecule has 13 heavy (non-hydrogen) atoms. The molecule has 0 atom stereocenters. The van der Waals surface area contributed by atoms with Crippen molar-refractivity contribution in [2.45, 2.75) is 6.54 Å². The standard InChI is InChI=1S/C9H8ClNO.ClH/c10-7-1-2-9-6(3-7)4-8(5-11)12-9;/h1-4H,5,11H2;1H. The number of halogens is 2. The highest BCUT2D eigenvalue weighted by Gasteiger charge is 2.01. The van der Waals surface area contributed by atoms with Crippen molar-refractivity contribution in [3.8, 4) is 0 Å². The van der Waals surface area contributed by atoms with Gasteiger partial charge in [0.25, 0.3) is 0 Å². The van der Waals surface area contributed by atoms with Crippen molar-refractivity contribution in [2.24, 2.45) is 5.73 Å². The summed E-state index contributed by atoms with van der Waals surface area (Å²) in [5, 5.41) is 1.72. The van der Waals surface area contributed by atoms with Gasteiger partial charge in [-0.2, -0.15) is 0 Å². The van der Waals surface area contributed by atoms with Crippen LogP contribution in [0.3, 0.4) is 0 Å². The predicted octanol–water partition coefficient (Wildman–Crippen LogP) is 2.97. The van der Waals surface area contributed by atoms with Crippen molar-refractivity contribution in [1.82, 2.24) is 0 Å². The van der Waals surface area contributed by atoms with Gasteiger partial charge in [-0.3, -0.25) is 0 Å². The van der Waals surface area contributed by atoms with Crippen LogP contribution in [-0.4, -0.2) is 0 Å². The molecular weight excluding hydrogens is 209 g/mol. The quantitative estimate of drug-likeness (QED) is 0.799. The lowest BCUT2D eigenvalue weighted by Gasteiger charge is -1.87. The molecule has 0 fully saturated rings. The molecule has 2 aromatic rings. The SMILES string of the molecule is Cl.NCc1cc2cc(Cl)ccc2o1. The summed E-state index contributed by atoms with van der Waals surface area (Å²) < 4.78 is 5.39. The molecule has 0 aliphatic heterocycles. The zero-order valence-electron chi connectivity index (χ0n) is 6.79. The Morgan fingerprint density at radius 2 is 2.08 bits per heavy atom. The van der Waals surface area contributed by atoms with E-state index in [0.717, 1.165) is 16.7 Å². The normalized spacial score (nSPS) is 10.0. The molecule has 2 nitrogen and oxygen atoms in total. The molecule has 0 aliphatic carbocycles. The Labute approximate surface area is 87.1 Å². The summed E-state index contributed by atoms with van der Waals surface area (Å²) >= 11 is 5.80. The Balaban J connectivity index is 0.000000845. The molecule has 0 bridgehead atoms. The van der Waals surface area contributed by atoms with Gasteiger partial charge in [-0.05, 0) is 24.3 Å². The summed E-state index contributed by atoms with van der Waals surface area (Å²) in [6, 6.07) is 7.41. The second-order valence-electron chi connectivity index (χ2n) is 2.60. The van der Waals surface area contributed by atoms with E-state index in [2.05, 4.69) is 0 Å². The maximum Gasteiger partial charge on any atom is 0.134 e. The first-order valence-electron chi connectivity index (χ1n) is 3.67. The summed E-state index contributed by atoms with van der Waals surface area (Å²) in [6.45, 7) is 0.423. The minimum Gasteiger partial charge on any atom is -0.460 e. The van der Waals surface area contributed by atoms with E-state index in [4.69, 9.17) is 21.8 Å². The number of fused-ring (bicyclic) bond motifs is 1. The molecule has 70 valence electrons. The van der Waals surface area contributed by atoms with E-state index in [1.165, 1.54) is 0 Å². The highest BCUT2D eigenvalue weighted by molar-refractivity contribution is 6.31. The van der Waals surface area contributed by atoms with Crippen molar-refractivity contribution in [3.63, 3.8) is 0 Å². The molecule has 4 heteroatoms. The molecule has 0 saturated carbocycles. The van der Waals surface area contributed by atoms with Gasteiger partial charge >= 0.3 is 0 Å². The van der Waals surface area contributed by atoms with E-state index in [1.807, 2.05) is 18.2 Å². The van der Waals surface area contributed by atoms with Crippen LogP contribution >= 0.6 is 24.0 Å². The van der Waals surface area contributed by atoms with Crippen molar-refractivity contribution in [1.29, 1.82) is 0 Å². The van der Waals surface area contributed by atoms with E-state index < -0.39 is 0 Å². The molecule has 1 aromatic carbocycles. The maximum atomic E-state index is 5.80. The van der Waals surface area contributed by atoms with E-state index in [9.17, 15) is 0 Å². The van der Waals surface area contributed by atoms with Crippen molar-refractivity contribution < 1.29 is 4.42 Å². The first-order chi connectivity index (χ1) is 5.79. The Bertz CT molecular complexity index is 411. The summed E-state index contributed by atoms with van der Waals surface area (Å²) in [5.41, 5.74) is 6.26. The van der Waals surface area contributed by atoms with Gasteiger partial charge in [0.1, 0.15) is 11.3 Å². The number of rotatable bonds is 1. The minimum absolute atomic E-state index is 0. The molecule has 0 radical (unpaired) electrons. The van der Waals surface area contributed by atoms with Crippen LogP contribution < -0.4 is 5.73 Å². The number of hydrogen-bond acceptors (Lipinski definition) is 2. The van der Waals surface area contributed by atoms with Gasteiger partial charge < -0.3 is 10.2 Å². The van der Waals surface area contributed by atoms with Crippen molar-refractivity contribution in [2.75, 3.05) is 0 Å². The topological polar surface area (TPSA) is 39.2 Å². The Hall–Kier alpha value is -0.700. The molecular formula is C9H9Cl2NO. The van der Waals surface area contributed by atoms with E-state index in [1.54, 1.807) is 6.07 Å². The van der Waals surface area contributed by atoms with Crippen LogP contribution in [0.25, 0.3) is 11.0 Å². The second kappa shape index (κ2) is 4.01. The molecule has 0 saturated heterocycles. The first-order valence-corrected chi connectivity index (χ1v) is 4.05. The molecule has 1 heterocycles. The summed E-state index contributed by atoms with van der Waals surface area (Å²) in [7, 11) is 0. The lowest BCUT2D eigenvalue weighted by Crippen LogP contribution is -1.92. The monoisotopic (exact) mass is 217 g/mol. The molecule has 0 spiro atoms. The third-order valence-electron chi connectivity index (χ3n) is 1.73. The fourth-order valence-electron chi connectivity index (χ4n) is 1.17. The average molecular weight is 218 g/mol. The van der Waals surface area contributed by atoms with Crippen molar-refractivity contribution in [3.05, 3.63) is 35.0 Å². The van der Waals surface area contributed by atoms with Crippen LogP contribution in [0.2, 0.25) is 5.02 Å². The number of nitrogens with two attached hydrogens (primary N) is 1. The van der Waals surface area contributed by atoms with Gasteiger partial charge in [0.05, 0.1) is 6.54 Å². The number of hydrogen-bond donors (Lipinski definition) is 1. The van der Waals surface area contributed by atoms with Crippen LogP contribution in [0.15, 0.2) is 28.7 Å². The maximum absolute atomic E-state index is 5.80. The number of furan rings is 1. The third-order valence-corrected chi connectivity index (χ3v) is 1.97. The van der Waals surface area contributed by atoms with E-state index >= 15 is 0 Å². The minimum atomic E-state index is 0. The molecule has 1 aromatic heterocycles. The van der Waals surface area contributed by atoms with Gasteiger partial charge in [-0.25, -0.2) is 0 Å². The summed E-state index contributed by atoms with van der Waals surface area (Å²) in [5.74, 6) is 0.785. The Morgan fingerprint density at radius 3 is 2.77 bits per heavy atom. The Morgan fingerprint density at radius 1 is 1.31 bits per heavy atom. The van der Waals surface area contributed by atoms with Crippen LogP contribution in [0, 0.1) is 0 Å². The van der Waals surface area contributed by atoms with Gasteiger partial charge in [0.15, 0.2) is 0 Å². The second-order valence-corrected chi connectivity index (χ2v) is 3.04. The van der Waals surface area contributed by atoms with Gasteiger partial charge in [-0.15, -0.1) is 12.4 Å². The molecule has 0 aliphatic rings. The molecule has 2 N–H and O–H groups in total. The van der Waals surface area contributed by atoms with E-state index in [0.29, 0.717) is 11.6 Å². The highest BCUT2D eigenvalue weighted by Crippen LogP contribution is 2.22. The molecule has 2 rings (SSSR count). The van der Waals surface area contributed by atoms with Gasteiger partial charge in [0.2, 0.25) is 0 Å². The van der Waals surface area contributed by atoms with Crippen LogP contribution in [0.5, 0.6) is 0 Å². The fourth-order valence-corrected chi connectivity index (χ4v) is 1.35. The van der Waals surface area contributed by atoms with Gasteiger partial charge in [-0.1, -0.05) is 11.6 Å². The fraction of sp³-hybridized carbons (Fsp3) is 0.111. The molecule has 0 unspecified atom stereocenters. The average Bonchev–Trinajstić information content (AvgIpc) is 2.46. The van der Waals surface area contributed by atoms with Gasteiger partial charge in [0, 0.05) is 10.4 Å². The van der Waals surface area contributed by atoms with Crippen molar-refractivity contribution >= 4 is 35.0 Å². The predicted molar refractivity (Wildman–Crippen MR) is 56.4 cm³/mol. The first kappa shape index (κ1) is 10.4. The zero-order valence-corrected chi connectivity index (χ0v) is 8.36. The molecule has 0 amide bonds. The van der Waals surface area contributed by atoms with Crippen LogP contribution in [0.4, 0.5) is 0 Å². The van der Waals surface area contributed by atoms with Crippen LogP contribution in [0.1, 0.15) is 5.76 Å². The smallest absolute Gasteiger partial charge is 0.134 e. The van der Waals surface area contributed by atoms with E-state index in [-0.39, 0.29) is 12.4 Å². The summed E-state index contributed by atoms with van der Waals surface area (Å²) in [4.78, 5) is 0. The Kier molecular flexibility index (Phi) is 3.20. The highest BCUT2D eigenvalue weighted by atomic mass is 35.5. The lowest BCUT2D eigenvalue weighted by atomic mass is 10.2. The third kappa shape index (κ3) is 1.97. The largest absolute Gasteiger partial charge is 0.460 e. The lowest BCUT2D eigenvalue weighted by molar-refractivity contribution is 0.552. The van der Waals surface area contributed by atoms with Crippen LogP contribution in [-0.2, 0) is 6.54 Å².